The van der Waals surface area contributed by atoms with Crippen LogP contribution in [0.1, 0.15) is 31.5 Å². The maximum absolute atomic E-state index is 12.4. The average Bonchev–Trinajstić information content (AvgIpc) is 3.29. The van der Waals surface area contributed by atoms with Gasteiger partial charge in [-0.3, -0.25) is 10.1 Å². The van der Waals surface area contributed by atoms with Gasteiger partial charge in [-0.1, -0.05) is 38.1 Å². The summed E-state index contributed by atoms with van der Waals surface area (Å²) in [7, 11) is 0. The number of piperazine rings is 1. The second kappa shape index (κ2) is 8.22. The predicted molar refractivity (Wildman–Crippen MR) is 113 cm³/mol. The van der Waals surface area contributed by atoms with Crippen LogP contribution >= 0.6 is 11.3 Å². The lowest BCUT2D eigenvalue weighted by Crippen LogP contribution is -3.28. The van der Waals surface area contributed by atoms with Crippen LogP contribution in [0.25, 0.3) is 10.2 Å². The highest BCUT2D eigenvalue weighted by Crippen LogP contribution is 2.23. The Labute approximate surface area is 174 Å². The summed E-state index contributed by atoms with van der Waals surface area (Å²) in [6, 6.07) is 10.1. The van der Waals surface area contributed by atoms with Gasteiger partial charge in [-0.05, 0) is 12.1 Å². The molecule has 3 aromatic rings. The van der Waals surface area contributed by atoms with E-state index in [0.29, 0.717) is 12.4 Å². The number of carbonyl (C=O) groups is 1. The van der Waals surface area contributed by atoms with E-state index in [2.05, 4.69) is 49.4 Å². The zero-order chi connectivity index (χ0) is 20.4. The number of rotatable bonds is 5. The van der Waals surface area contributed by atoms with Gasteiger partial charge in [0.15, 0.2) is 6.54 Å². The van der Waals surface area contributed by atoms with Gasteiger partial charge in [-0.2, -0.15) is 0 Å². The first-order valence-corrected chi connectivity index (χ1v) is 11.0. The van der Waals surface area contributed by atoms with E-state index in [1.165, 1.54) is 14.6 Å². The van der Waals surface area contributed by atoms with Crippen LogP contribution in [0.15, 0.2) is 34.9 Å². The number of aromatic nitrogens is 2. The van der Waals surface area contributed by atoms with E-state index in [-0.39, 0.29) is 11.3 Å². The molecule has 1 saturated heterocycles. The fourth-order valence-electron chi connectivity index (χ4n) is 3.62. The van der Waals surface area contributed by atoms with Gasteiger partial charge in [-0.25, -0.2) is 4.98 Å². The second-order valence-corrected chi connectivity index (χ2v) is 9.92. The Bertz CT molecular complexity index is 949. The largest absolute Gasteiger partial charge is 0.338 e. The van der Waals surface area contributed by atoms with Crippen molar-refractivity contribution in [2.24, 2.45) is 0 Å². The molecule has 8 heteroatoms. The van der Waals surface area contributed by atoms with Crippen LogP contribution in [0.5, 0.6) is 0 Å². The topological polar surface area (TPSA) is 76.9 Å². The summed E-state index contributed by atoms with van der Waals surface area (Å²) in [5, 5.41) is 8.09. The Hall–Kier alpha value is -2.29. The van der Waals surface area contributed by atoms with Gasteiger partial charge >= 0.3 is 0 Å². The fourth-order valence-corrected chi connectivity index (χ4v) is 4.66. The van der Waals surface area contributed by atoms with Crippen molar-refractivity contribution in [2.45, 2.75) is 32.7 Å². The number of anilines is 1. The molecule has 4 rings (SSSR count). The zero-order valence-corrected chi connectivity index (χ0v) is 18.1. The highest BCUT2D eigenvalue weighted by molar-refractivity contribution is 7.18. The van der Waals surface area contributed by atoms with E-state index >= 15 is 0 Å². The Morgan fingerprint density at radius 3 is 2.59 bits per heavy atom. The summed E-state index contributed by atoms with van der Waals surface area (Å²) in [6.45, 7) is 11.7. The lowest BCUT2D eigenvalue weighted by molar-refractivity contribution is -1.01. The number of amides is 1. The van der Waals surface area contributed by atoms with Crippen molar-refractivity contribution < 1.29 is 19.1 Å². The first-order chi connectivity index (χ1) is 13.9. The summed E-state index contributed by atoms with van der Waals surface area (Å²) in [4.78, 5) is 20.0. The molecule has 1 aliphatic heterocycles. The van der Waals surface area contributed by atoms with Gasteiger partial charge in [0, 0.05) is 11.5 Å². The smallest absolute Gasteiger partial charge is 0.281 e. The quantitative estimate of drug-likeness (QED) is 0.567. The van der Waals surface area contributed by atoms with Crippen molar-refractivity contribution in [1.82, 2.24) is 10.1 Å². The number of thiazole rings is 1. The van der Waals surface area contributed by atoms with Crippen LogP contribution in [0.2, 0.25) is 0 Å². The molecule has 0 aliphatic carbocycles. The molecule has 1 aliphatic rings. The molecule has 3 heterocycles. The van der Waals surface area contributed by atoms with E-state index in [4.69, 9.17) is 9.51 Å². The molecule has 3 N–H and O–H groups in total. The molecule has 29 heavy (non-hydrogen) atoms. The number of benzene rings is 1. The summed E-state index contributed by atoms with van der Waals surface area (Å²) in [5.74, 6) is 0.408. The van der Waals surface area contributed by atoms with Crippen LogP contribution < -0.4 is 15.1 Å². The van der Waals surface area contributed by atoms with Gasteiger partial charge < -0.3 is 14.3 Å². The molecular weight excluding hydrogens is 386 g/mol. The number of carbonyl (C=O) groups excluding carboxylic acids is 1. The van der Waals surface area contributed by atoms with E-state index in [1.807, 2.05) is 12.1 Å². The van der Waals surface area contributed by atoms with Gasteiger partial charge in [0.2, 0.25) is 5.88 Å². The monoisotopic (exact) mass is 415 g/mol. The molecular formula is C21H29N5O2S+2. The van der Waals surface area contributed by atoms with Crippen molar-refractivity contribution in [3.8, 4) is 0 Å². The minimum atomic E-state index is -0.0971. The molecule has 154 valence electrons. The Morgan fingerprint density at radius 1 is 1.17 bits per heavy atom. The van der Waals surface area contributed by atoms with Crippen molar-refractivity contribution in [3.63, 3.8) is 0 Å². The lowest BCUT2D eigenvalue weighted by atomic mass is 9.92. The van der Waals surface area contributed by atoms with Crippen molar-refractivity contribution >= 4 is 33.3 Å². The Balaban J connectivity index is 1.24. The van der Waals surface area contributed by atoms with Crippen molar-refractivity contribution in [3.05, 3.63) is 41.0 Å². The molecule has 1 fully saturated rings. The number of quaternary nitrogens is 2. The van der Waals surface area contributed by atoms with E-state index < -0.39 is 0 Å². The summed E-state index contributed by atoms with van der Waals surface area (Å²) in [6.07, 6.45) is 0. The molecule has 2 aromatic heterocycles. The highest BCUT2D eigenvalue weighted by Gasteiger charge is 2.26. The third kappa shape index (κ3) is 5.01. The van der Waals surface area contributed by atoms with Crippen molar-refractivity contribution in [1.29, 1.82) is 0 Å². The standard InChI is InChI=1S/C21H27N5O2S/c1-21(2,3)17-12-19(28-24-17)23-18(27)13-25-8-10-26(11-9-25)14-20-22-15-6-4-5-7-16(15)29-20/h4-7,12H,8-11,13-14H2,1-3H3,(H,23,27)/p+2. The number of fused-ring (bicyclic) bond motifs is 1. The number of hydrogen-bond acceptors (Lipinski definition) is 5. The molecule has 0 radical (unpaired) electrons. The molecule has 0 bridgehead atoms. The van der Waals surface area contributed by atoms with Crippen LogP contribution in [0.4, 0.5) is 5.88 Å². The molecule has 1 amide bonds. The van der Waals surface area contributed by atoms with Crippen LogP contribution in [-0.2, 0) is 16.8 Å². The molecule has 7 nitrogen and oxygen atoms in total. The predicted octanol–water partition coefficient (Wildman–Crippen LogP) is 0.504. The number of nitrogens with one attached hydrogen (secondary N) is 3. The molecule has 0 saturated carbocycles. The summed E-state index contributed by atoms with van der Waals surface area (Å²) >= 11 is 1.79. The van der Waals surface area contributed by atoms with Gasteiger partial charge in [-0.15, -0.1) is 11.3 Å². The third-order valence-electron chi connectivity index (χ3n) is 5.36. The van der Waals surface area contributed by atoms with E-state index in [9.17, 15) is 4.79 Å². The fraction of sp³-hybridized carbons (Fsp3) is 0.476. The highest BCUT2D eigenvalue weighted by atomic mass is 32.1. The summed E-state index contributed by atoms with van der Waals surface area (Å²) in [5.41, 5.74) is 1.84. The van der Waals surface area contributed by atoms with Crippen molar-refractivity contribution in [2.75, 3.05) is 38.0 Å². The second-order valence-electron chi connectivity index (χ2n) is 8.80. The zero-order valence-electron chi connectivity index (χ0n) is 17.2. The third-order valence-corrected chi connectivity index (χ3v) is 6.39. The molecule has 0 atom stereocenters. The van der Waals surface area contributed by atoms with E-state index in [0.717, 1.165) is 43.9 Å². The average molecular weight is 416 g/mol. The maximum Gasteiger partial charge on any atom is 0.281 e. The first-order valence-electron chi connectivity index (χ1n) is 10.2. The lowest BCUT2D eigenvalue weighted by Gasteiger charge is -2.28. The van der Waals surface area contributed by atoms with Crippen LogP contribution in [-0.4, -0.2) is 48.8 Å². The normalized spacial score (nSPS) is 20.1. The Kier molecular flexibility index (Phi) is 5.67. The van der Waals surface area contributed by atoms with Crippen LogP contribution in [0, 0.1) is 0 Å². The Morgan fingerprint density at radius 2 is 1.90 bits per heavy atom. The van der Waals surface area contributed by atoms with Crippen LogP contribution in [0.3, 0.4) is 0 Å². The minimum absolute atomic E-state index is 0.0220. The number of nitrogens with zero attached hydrogens (tertiary/aromatic N) is 2. The molecule has 1 aromatic carbocycles. The SMILES string of the molecule is CC(C)(C)c1cc(NC(=O)C[NH+]2CC[NH+](Cc3nc4ccccc4s3)CC2)on1. The summed E-state index contributed by atoms with van der Waals surface area (Å²) < 4.78 is 6.51. The van der Waals surface area contributed by atoms with Gasteiger partial charge in [0.05, 0.1) is 15.9 Å². The van der Waals surface area contributed by atoms with E-state index in [1.54, 1.807) is 16.2 Å². The molecule has 0 spiro atoms. The minimum Gasteiger partial charge on any atom is -0.338 e. The molecule has 0 unspecified atom stereocenters. The maximum atomic E-state index is 12.4. The van der Waals surface area contributed by atoms with Gasteiger partial charge in [0.1, 0.15) is 37.7 Å². The van der Waals surface area contributed by atoms with Gasteiger partial charge in [0.25, 0.3) is 5.91 Å². The first kappa shape index (κ1) is 20.0. The number of hydrogen-bond donors (Lipinski definition) is 3. The number of para-hydroxylation sites is 1.